The zero-order chi connectivity index (χ0) is 26.0. The van der Waals surface area contributed by atoms with Gasteiger partial charge in [0, 0.05) is 31.1 Å². The number of halogens is 3. The number of ether oxygens (including phenoxy) is 2. The van der Waals surface area contributed by atoms with Crippen molar-refractivity contribution in [2.75, 3.05) is 29.9 Å². The molecule has 1 amide bonds. The van der Waals surface area contributed by atoms with E-state index in [1.165, 1.54) is 30.3 Å². The summed E-state index contributed by atoms with van der Waals surface area (Å²) in [5.41, 5.74) is 0.792. The van der Waals surface area contributed by atoms with Gasteiger partial charge in [0.15, 0.2) is 0 Å². The highest BCUT2D eigenvalue weighted by Gasteiger charge is 2.34. The lowest BCUT2D eigenvalue weighted by Crippen LogP contribution is -2.48. The van der Waals surface area contributed by atoms with Gasteiger partial charge in [-0.15, -0.1) is 0 Å². The lowest BCUT2D eigenvalue weighted by molar-refractivity contribution is -0.116. The Morgan fingerprint density at radius 1 is 0.919 bits per heavy atom. The second-order valence-electron chi connectivity index (χ2n) is 9.48. The fraction of sp³-hybridized carbons (Fsp3) is 0.321. The molecule has 5 rings (SSSR count). The van der Waals surface area contributed by atoms with E-state index in [1.54, 1.807) is 24.3 Å². The Kier molecular flexibility index (Phi) is 6.97. The first-order valence-electron chi connectivity index (χ1n) is 12.2. The molecule has 194 valence electrons. The van der Waals surface area contributed by atoms with Crippen LogP contribution in [0, 0.1) is 17.5 Å². The quantitative estimate of drug-likeness (QED) is 0.468. The Morgan fingerprint density at radius 2 is 1.68 bits per heavy atom. The number of rotatable bonds is 7. The molecular formula is C28H27F3N2O4. The number of nitrogens with one attached hydrogen (secondary N) is 1. The molecule has 0 aromatic heterocycles. The van der Waals surface area contributed by atoms with Crippen LogP contribution in [0.25, 0.3) is 0 Å². The summed E-state index contributed by atoms with van der Waals surface area (Å²) in [5.74, 6) is -0.715. The predicted octanol–water partition coefficient (Wildman–Crippen LogP) is 4.98. The van der Waals surface area contributed by atoms with Crippen LogP contribution in [0.5, 0.6) is 11.5 Å². The van der Waals surface area contributed by atoms with Gasteiger partial charge in [-0.05, 0) is 61.2 Å². The average molecular weight is 513 g/mol. The lowest BCUT2D eigenvalue weighted by Gasteiger charge is -2.39. The standard InChI is InChI=1S/C28H27F3N2O4/c29-19-3-1-18(2-4-19)16-36-20-5-8-24(23(31)15-20)33-13-11-28(35,12-14-33)17-37-25-9-7-22(30)27-21(25)6-10-26(34)32-27/h1-5,7-9,15,35H,6,10-14,16-17H2,(H,32,34). The van der Waals surface area contributed by atoms with Gasteiger partial charge in [-0.1, -0.05) is 12.1 Å². The molecule has 0 saturated carbocycles. The van der Waals surface area contributed by atoms with Crippen molar-refractivity contribution in [2.45, 2.75) is 37.9 Å². The van der Waals surface area contributed by atoms with Crippen LogP contribution >= 0.6 is 0 Å². The number of aliphatic hydroxyl groups is 1. The highest BCUT2D eigenvalue weighted by atomic mass is 19.1. The summed E-state index contributed by atoms with van der Waals surface area (Å²) >= 11 is 0. The number of hydrogen-bond donors (Lipinski definition) is 2. The van der Waals surface area contributed by atoms with E-state index in [0.29, 0.717) is 55.1 Å². The van der Waals surface area contributed by atoms with Crippen molar-refractivity contribution in [3.63, 3.8) is 0 Å². The van der Waals surface area contributed by atoms with Gasteiger partial charge in [-0.3, -0.25) is 4.79 Å². The van der Waals surface area contributed by atoms with E-state index in [4.69, 9.17) is 9.47 Å². The molecule has 6 nitrogen and oxygen atoms in total. The number of benzene rings is 3. The molecule has 2 aliphatic rings. The zero-order valence-corrected chi connectivity index (χ0v) is 20.1. The molecule has 1 saturated heterocycles. The SMILES string of the molecule is O=C1CCc2c(OCC3(O)CCN(c4ccc(OCc5ccc(F)cc5)cc4F)CC3)ccc(F)c2N1. The third-order valence-electron chi connectivity index (χ3n) is 6.85. The number of hydrogen-bond acceptors (Lipinski definition) is 5. The van der Waals surface area contributed by atoms with Crippen LogP contribution in [-0.2, 0) is 17.8 Å². The summed E-state index contributed by atoms with van der Waals surface area (Å²) in [6, 6.07) is 13.3. The molecule has 2 N–H and O–H groups in total. The van der Waals surface area contributed by atoms with Crippen molar-refractivity contribution >= 4 is 17.3 Å². The van der Waals surface area contributed by atoms with Crippen LogP contribution in [0.2, 0.25) is 0 Å². The molecule has 0 radical (unpaired) electrons. The molecule has 2 aliphatic heterocycles. The van der Waals surface area contributed by atoms with Crippen molar-refractivity contribution < 1.29 is 32.5 Å². The Balaban J connectivity index is 1.17. The maximum atomic E-state index is 14.9. The number of carbonyl (C=O) groups excluding carboxylic acids is 1. The van der Waals surface area contributed by atoms with Crippen molar-refractivity contribution in [1.29, 1.82) is 0 Å². The number of nitrogens with zero attached hydrogens (tertiary/aromatic N) is 1. The van der Waals surface area contributed by atoms with Crippen LogP contribution in [0.3, 0.4) is 0 Å². The molecule has 0 atom stereocenters. The third-order valence-corrected chi connectivity index (χ3v) is 6.85. The first kappa shape index (κ1) is 25.0. The molecule has 2 heterocycles. The molecule has 0 spiro atoms. The zero-order valence-electron chi connectivity index (χ0n) is 20.1. The Bertz CT molecular complexity index is 1290. The first-order chi connectivity index (χ1) is 17.8. The molecule has 0 unspecified atom stereocenters. The van der Waals surface area contributed by atoms with Crippen LogP contribution < -0.4 is 19.7 Å². The Morgan fingerprint density at radius 3 is 2.41 bits per heavy atom. The highest BCUT2D eigenvalue weighted by molar-refractivity contribution is 5.94. The number of anilines is 2. The molecule has 1 fully saturated rings. The van der Waals surface area contributed by atoms with E-state index in [-0.39, 0.29) is 37.0 Å². The van der Waals surface area contributed by atoms with E-state index >= 15 is 0 Å². The summed E-state index contributed by atoms with van der Waals surface area (Å²) < 4.78 is 53.5. The van der Waals surface area contributed by atoms with Gasteiger partial charge >= 0.3 is 0 Å². The fourth-order valence-corrected chi connectivity index (χ4v) is 4.66. The maximum Gasteiger partial charge on any atom is 0.224 e. The topological polar surface area (TPSA) is 71.0 Å². The Hall–Kier alpha value is -3.72. The number of piperidine rings is 1. The van der Waals surface area contributed by atoms with Crippen molar-refractivity contribution in [3.05, 3.63) is 83.2 Å². The maximum absolute atomic E-state index is 14.9. The highest BCUT2D eigenvalue weighted by Crippen LogP contribution is 2.35. The van der Waals surface area contributed by atoms with Crippen LogP contribution in [-0.4, -0.2) is 36.3 Å². The molecule has 3 aromatic carbocycles. The van der Waals surface area contributed by atoms with Gasteiger partial charge in [-0.25, -0.2) is 13.2 Å². The van der Waals surface area contributed by atoms with Crippen molar-refractivity contribution in [3.8, 4) is 11.5 Å². The van der Waals surface area contributed by atoms with Crippen LogP contribution in [0.1, 0.15) is 30.4 Å². The van der Waals surface area contributed by atoms with Crippen LogP contribution in [0.15, 0.2) is 54.6 Å². The molecule has 9 heteroatoms. The van der Waals surface area contributed by atoms with Gasteiger partial charge < -0.3 is 24.8 Å². The molecule has 0 bridgehead atoms. The van der Waals surface area contributed by atoms with Gasteiger partial charge in [0.05, 0.1) is 11.4 Å². The second kappa shape index (κ2) is 10.3. The summed E-state index contributed by atoms with van der Waals surface area (Å²) in [4.78, 5) is 13.5. The van der Waals surface area contributed by atoms with Gasteiger partial charge in [-0.2, -0.15) is 0 Å². The fourth-order valence-electron chi connectivity index (χ4n) is 4.66. The average Bonchev–Trinajstić information content (AvgIpc) is 2.89. The van der Waals surface area contributed by atoms with Gasteiger partial charge in [0.1, 0.15) is 47.8 Å². The lowest BCUT2D eigenvalue weighted by atomic mass is 9.92. The third kappa shape index (κ3) is 5.67. The van der Waals surface area contributed by atoms with E-state index < -0.39 is 17.2 Å². The largest absolute Gasteiger partial charge is 0.490 e. The van der Waals surface area contributed by atoms with E-state index in [2.05, 4.69) is 5.32 Å². The van der Waals surface area contributed by atoms with Gasteiger partial charge in [0.25, 0.3) is 0 Å². The first-order valence-corrected chi connectivity index (χ1v) is 12.2. The number of amides is 1. The monoisotopic (exact) mass is 512 g/mol. The van der Waals surface area contributed by atoms with E-state index in [9.17, 15) is 23.1 Å². The van der Waals surface area contributed by atoms with E-state index in [1.807, 2.05) is 4.90 Å². The second-order valence-corrected chi connectivity index (χ2v) is 9.48. The number of fused-ring (bicyclic) bond motifs is 1. The predicted molar refractivity (Wildman–Crippen MR) is 132 cm³/mol. The molecular weight excluding hydrogens is 485 g/mol. The normalized spacial score (nSPS) is 16.6. The summed E-state index contributed by atoms with van der Waals surface area (Å²) in [5, 5.41) is 13.6. The smallest absolute Gasteiger partial charge is 0.224 e. The van der Waals surface area contributed by atoms with Crippen molar-refractivity contribution in [1.82, 2.24) is 0 Å². The summed E-state index contributed by atoms with van der Waals surface area (Å²) in [6.07, 6.45) is 1.32. The van der Waals surface area contributed by atoms with Crippen molar-refractivity contribution in [2.24, 2.45) is 0 Å². The summed E-state index contributed by atoms with van der Waals surface area (Å²) in [6.45, 7) is 1.04. The molecule has 0 aliphatic carbocycles. The minimum Gasteiger partial charge on any atom is -0.490 e. The molecule has 37 heavy (non-hydrogen) atoms. The van der Waals surface area contributed by atoms with E-state index in [0.717, 1.165) is 5.56 Å². The van der Waals surface area contributed by atoms with Crippen LogP contribution in [0.4, 0.5) is 24.5 Å². The molecule has 3 aromatic rings. The number of carbonyl (C=O) groups is 1. The minimum absolute atomic E-state index is 0.00546. The summed E-state index contributed by atoms with van der Waals surface area (Å²) in [7, 11) is 0. The Labute approximate surface area is 212 Å². The minimum atomic E-state index is -1.12. The van der Waals surface area contributed by atoms with Gasteiger partial charge in [0.2, 0.25) is 5.91 Å².